The quantitative estimate of drug-likeness (QED) is 0.622. The molecule has 0 amide bonds. The number of hydrogen-bond acceptors (Lipinski definition) is 6. The number of phenolic OH excluding ortho intramolecular Hbond substituents is 1. The van der Waals surface area contributed by atoms with Gasteiger partial charge < -0.3 is 10.0 Å². The number of aromatic nitrogens is 3. The van der Waals surface area contributed by atoms with E-state index in [1.165, 1.54) is 0 Å². The molecule has 0 spiro atoms. The molecular weight excluding hydrogens is 418 g/mol. The molecule has 3 heterocycles. The first-order chi connectivity index (χ1) is 14.7. The lowest BCUT2D eigenvalue weighted by Crippen LogP contribution is -2.32. The van der Waals surface area contributed by atoms with Crippen LogP contribution in [0, 0.1) is 17.1 Å². The fraction of sp³-hybridized carbons (Fsp3) is 0.300. The van der Waals surface area contributed by atoms with E-state index in [1.54, 1.807) is 11.0 Å². The Hall–Kier alpha value is -3.68. The predicted molar refractivity (Wildman–Crippen MR) is 103 cm³/mol. The molecule has 160 valence electrons. The molecule has 1 aromatic carbocycles. The summed E-state index contributed by atoms with van der Waals surface area (Å²) in [7, 11) is 0. The van der Waals surface area contributed by atoms with Gasteiger partial charge in [0.1, 0.15) is 34.5 Å². The van der Waals surface area contributed by atoms with Crippen LogP contribution in [0.4, 0.5) is 23.4 Å². The van der Waals surface area contributed by atoms with Crippen molar-refractivity contribution in [2.45, 2.75) is 25.4 Å². The lowest BCUT2D eigenvalue weighted by atomic mass is 10.1. The number of rotatable bonds is 2. The monoisotopic (exact) mass is 433 g/mol. The third-order valence-electron chi connectivity index (χ3n) is 5.09. The van der Waals surface area contributed by atoms with Gasteiger partial charge >= 0.3 is 6.18 Å². The van der Waals surface area contributed by atoms with Crippen LogP contribution < -0.4 is 10.5 Å². The standard InChI is InChI=1S/C20H15F4N5O2/c21-12-5-4-6-13(30)17(12)29-14(20(22,23)24)9-11-16(19(29)31)26-15(10-25)27-18(11)28-7-2-1-3-8-28/h4-6,9,30H,1-3,7-8H2. The van der Waals surface area contributed by atoms with Gasteiger partial charge in [-0.15, -0.1) is 0 Å². The number of aromatic hydroxyl groups is 1. The van der Waals surface area contributed by atoms with Gasteiger partial charge in [0.05, 0.1) is 5.39 Å². The molecule has 1 saturated heterocycles. The van der Waals surface area contributed by atoms with E-state index in [1.807, 2.05) is 0 Å². The van der Waals surface area contributed by atoms with E-state index in [-0.39, 0.29) is 15.8 Å². The van der Waals surface area contributed by atoms with E-state index in [0.29, 0.717) is 19.2 Å². The zero-order chi connectivity index (χ0) is 22.3. The molecule has 3 aromatic rings. The van der Waals surface area contributed by atoms with Crippen molar-refractivity contribution in [3.05, 3.63) is 52.0 Å². The molecule has 0 atom stereocenters. The highest BCUT2D eigenvalue weighted by atomic mass is 19.4. The summed E-state index contributed by atoms with van der Waals surface area (Å²) in [5.74, 6) is -2.42. The summed E-state index contributed by atoms with van der Waals surface area (Å²) in [5, 5.41) is 19.1. The van der Waals surface area contributed by atoms with Crippen molar-refractivity contribution in [2.75, 3.05) is 18.0 Å². The Morgan fingerprint density at radius 3 is 2.45 bits per heavy atom. The molecule has 31 heavy (non-hydrogen) atoms. The van der Waals surface area contributed by atoms with E-state index < -0.39 is 46.0 Å². The van der Waals surface area contributed by atoms with Crippen LogP contribution in [0.5, 0.6) is 5.75 Å². The van der Waals surface area contributed by atoms with Crippen molar-refractivity contribution in [2.24, 2.45) is 0 Å². The molecule has 1 N–H and O–H groups in total. The molecule has 11 heteroatoms. The van der Waals surface area contributed by atoms with Gasteiger partial charge in [0.2, 0.25) is 5.82 Å². The van der Waals surface area contributed by atoms with E-state index in [9.17, 15) is 32.7 Å². The summed E-state index contributed by atoms with van der Waals surface area (Å²) in [6, 6.07) is 5.26. The number of alkyl halides is 3. The molecule has 0 bridgehead atoms. The van der Waals surface area contributed by atoms with E-state index in [4.69, 9.17) is 0 Å². The number of halogens is 4. The third kappa shape index (κ3) is 3.54. The Labute approximate surface area is 172 Å². The fourth-order valence-corrected chi connectivity index (χ4v) is 3.72. The molecule has 0 unspecified atom stereocenters. The maximum atomic E-state index is 14.4. The molecule has 7 nitrogen and oxygen atoms in total. The summed E-state index contributed by atoms with van der Waals surface area (Å²) < 4.78 is 56.3. The van der Waals surface area contributed by atoms with Crippen molar-refractivity contribution in [3.63, 3.8) is 0 Å². The Balaban J connectivity index is 2.14. The number of benzene rings is 1. The lowest BCUT2D eigenvalue weighted by Gasteiger charge is -2.29. The molecule has 1 aliphatic heterocycles. The van der Waals surface area contributed by atoms with Gasteiger partial charge in [-0.25, -0.2) is 14.4 Å². The molecule has 0 saturated carbocycles. The van der Waals surface area contributed by atoms with Gasteiger partial charge in [-0.2, -0.15) is 18.4 Å². The topological polar surface area (TPSA) is 95.0 Å². The zero-order valence-electron chi connectivity index (χ0n) is 15.9. The van der Waals surface area contributed by atoms with E-state index >= 15 is 0 Å². The van der Waals surface area contributed by atoms with Gasteiger partial charge in [-0.05, 0) is 37.5 Å². The van der Waals surface area contributed by atoms with Crippen molar-refractivity contribution in [1.29, 1.82) is 5.26 Å². The van der Waals surface area contributed by atoms with Crippen LogP contribution in [0.3, 0.4) is 0 Å². The number of piperidine rings is 1. The van der Waals surface area contributed by atoms with Gasteiger partial charge in [-0.3, -0.25) is 9.36 Å². The molecular formula is C20H15F4N5O2. The van der Waals surface area contributed by atoms with Crippen molar-refractivity contribution < 1.29 is 22.7 Å². The first kappa shape index (κ1) is 20.6. The Morgan fingerprint density at radius 2 is 1.84 bits per heavy atom. The summed E-state index contributed by atoms with van der Waals surface area (Å²) in [4.78, 5) is 22.8. The maximum absolute atomic E-state index is 14.4. The van der Waals surface area contributed by atoms with Crippen LogP contribution in [-0.4, -0.2) is 32.7 Å². The minimum atomic E-state index is -5.06. The molecule has 0 radical (unpaired) electrons. The van der Waals surface area contributed by atoms with Crippen LogP contribution in [0.2, 0.25) is 0 Å². The second kappa shape index (κ2) is 7.54. The fourth-order valence-electron chi connectivity index (χ4n) is 3.72. The highest BCUT2D eigenvalue weighted by Gasteiger charge is 2.38. The average Bonchev–Trinajstić information content (AvgIpc) is 2.74. The second-order valence-corrected chi connectivity index (χ2v) is 7.07. The number of phenols is 1. The summed E-state index contributed by atoms with van der Waals surface area (Å²) in [6.45, 7) is 0.991. The van der Waals surface area contributed by atoms with Gasteiger partial charge in [0.15, 0.2) is 5.82 Å². The van der Waals surface area contributed by atoms with Gasteiger partial charge in [-0.1, -0.05) is 6.07 Å². The largest absolute Gasteiger partial charge is 0.506 e. The second-order valence-electron chi connectivity index (χ2n) is 7.07. The number of hydrogen-bond donors (Lipinski definition) is 1. The first-order valence-corrected chi connectivity index (χ1v) is 9.40. The molecule has 1 fully saturated rings. The van der Waals surface area contributed by atoms with Crippen LogP contribution in [0.25, 0.3) is 16.6 Å². The van der Waals surface area contributed by atoms with Crippen LogP contribution in [0.15, 0.2) is 29.1 Å². The Bertz CT molecular complexity index is 1250. The number of fused-ring (bicyclic) bond motifs is 1. The van der Waals surface area contributed by atoms with Gasteiger partial charge in [0, 0.05) is 13.1 Å². The minimum absolute atomic E-state index is 0.0428. The highest BCUT2D eigenvalue weighted by Crippen LogP contribution is 2.36. The average molecular weight is 433 g/mol. The number of pyridine rings is 1. The van der Waals surface area contributed by atoms with Crippen LogP contribution in [0.1, 0.15) is 30.8 Å². The normalized spacial score (nSPS) is 14.6. The van der Waals surface area contributed by atoms with Crippen LogP contribution in [-0.2, 0) is 6.18 Å². The minimum Gasteiger partial charge on any atom is -0.506 e. The lowest BCUT2D eigenvalue weighted by molar-refractivity contribution is -0.142. The van der Waals surface area contributed by atoms with E-state index in [0.717, 1.165) is 37.5 Å². The maximum Gasteiger partial charge on any atom is 0.431 e. The summed E-state index contributed by atoms with van der Waals surface area (Å²) in [5.41, 5.74) is -4.22. The third-order valence-corrected chi connectivity index (χ3v) is 5.09. The van der Waals surface area contributed by atoms with E-state index in [2.05, 4.69) is 9.97 Å². The summed E-state index contributed by atoms with van der Waals surface area (Å²) in [6.07, 6.45) is -2.56. The number of para-hydroxylation sites is 1. The molecule has 1 aliphatic rings. The summed E-state index contributed by atoms with van der Waals surface area (Å²) >= 11 is 0. The zero-order valence-corrected chi connectivity index (χ0v) is 15.9. The van der Waals surface area contributed by atoms with Crippen molar-refractivity contribution in [3.8, 4) is 17.5 Å². The first-order valence-electron chi connectivity index (χ1n) is 9.40. The van der Waals surface area contributed by atoms with Crippen molar-refractivity contribution in [1.82, 2.24) is 14.5 Å². The van der Waals surface area contributed by atoms with Crippen molar-refractivity contribution >= 4 is 16.7 Å². The SMILES string of the molecule is N#Cc1nc(N2CCCCC2)c2cc(C(F)(F)F)n(-c3c(O)cccc3F)c(=O)c2n1. The number of anilines is 1. The molecule has 0 aliphatic carbocycles. The smallest absolute Gasteiger partial charge is 0.431 e. The predicted octanol–water partition coefficient (Wildman–Crippen LogP) is 3.51. The van der Waals surface area contributed by atoms with Gasteiger partial charge in [0.25, 0.3) is 5.56 Å². The number of nitriles is 1. The number of nitrogens with zero attached hydrogens (tertiary/aromatic N) is 5. The molecule has 4 rings (SSSR count). The van der Waals surface area contributed by atoms with Crippen LogP contribution >= 0.6 is 0 Å². The Morgan fingerprint density at radius 1 is 1.13 bits per heavy atom. The molecule has 2 aromatic heterocycles. The Kier molecular flexibility index (Phi) is 5.00. The highest BCUT2D eigenvalue weighted by molar-refractivity contribution is 5.90.